The van der Waals surface area contributed by atoms with E-state index in [0.29, 0.717) is 10.5 Å². The summed E-state index contributed by atoms with van der Waals surface area (Å²) in [5.41, 5.74) is 1.71. The highest BCUT2D eigenvalue weighted by molar-refractivity contribution is 7.83. The zero-order chi connectivity index (χ0) is 13.7. The highest BCUT2D eigenvalue weighted by Crippen LogP contribution is 2.19. The smallest absolute Gasteiger partial charge is 0.158 e. The zero-order valence-corrected chi connectivity index (χ0v) is 11.8. The van der Waals surface area contributed by atoms with E-state index in [1.807, 2.05) is 45.0 Å². The minimum absolute atomic E-state index is 0.193. The highest BCUT2D eigenvalue weighted by atomic mass is 32.2. The number of hydrogen-bond donors (Lipinski definition) is 1. The predicted molar refractivity (Wildman–Crippen MR) is 76.8 cm³/mol. The molecule has 1 aromatic rings. The van der Waals surface area contributed by atoms with Crippen molar-refractivity contribution in [2.24, 2.45) is 0 Å². The molecule has 0 saturated carbocycles. The van der Waals surface area contributed by atoms with E-state index in [1.54, 1.807) is 12.3 Å². The van der Waals surface area contributed by atoms with E-state index in [2.05, 4.69) is 6.58 Å². The first-order valence-corrected chi connectivity index (χ1v) is 6.94. The molecule has 0 spiro atoms. The summed E-state index contributed by atoms with van der Waals surface area (Å²) in [6, 6.07) is 7.44. The summed E-state index contributed by atoms with van der Waals surface area (Å²) in [7, 11) is -1.36. The molecule has 1 heterocycles. The van der Waals surface area contributed by atoms with Crippen LogP contribution in [0.4, 0.5) is 0 Å². The zero-order valence-electron chi connectivity index (χ0n) is 10.9. The first-order chi connectivity index (χ1) is 8.59. The van der Waals surface area contributed by atoms with Crippen LogP contribution in [0.2, 0.25) is 0 Å². The Hall–Kier alpha value is -1.68. The molecule has 0 bridgehead atoms. The first-order valence-electron chi connectivity index (χ1n) is 5.83. The molecule has 1 aliphatic rings. The molecule has 1 N–H and O–H groups in total. The Kier molecular flexibility index (Phi) is 5.04. The summed E-state index contributed by atoms with van der Waals surface area (Å²) >= 11 is 0. The molecule has 0 aromatic heterocycles. The molecule has 2 rings (SSSR count). The maximum absolute atomic E-state index is 12.1. The topological polar surface area (TPSA) is 44.2 Å². The third-order valence-corrected chi connectivity index (χ3v) is 3.67. The lowest BCUT2D eigenvalue weighted by Gasteiger charge is -2.14. The van der Waals surface area contributed by atoms with Crippen LogP contribution in [0.15, 0.2) is 53.6 Å². The Balaban J connectivity index is 0.000000771. The second-order valence-electron chi connectivity index (χ2n) is 3.58. The second-order valence-corrected chi connectivity index (χ2v) is 4.94. The third-order valence-electron chi connectivity index (χ3n) is 2.34. The molecular formula is C14H18N2OS. The largest absolute Gasteiger partial charge is 0.283 e. The van der Waals surface area contributed by atoms with E-state index in [-0.39, 0.29) is 5.84 Å². The maximum atomic E-state index is 12.1. The molecule has 1 atom stereocenters. The van der Waals surface area contributed by atoms with Crippen molar-refractivity contribution >= 4 is 16.8 Å². The molecule has 1 aromatic carbocycles. The minimum Gasteiger partial charge on any atom is -0.283 e. The van der Waals surface area contributed by atoms with Gasteiger partial charge >= 0.3 is 0 Å². The number of rotatable bonds is 2. The van der Waals surface area contributed by atoms with E-state index in [0.717, 1.165) is 5.56 Å². The van der Waals surface area contributed by atoms with Crippen LogP contribution in [-0.2, 0) is 11.0 Å². The SMILES string of the molecule is C=C1C=CN(S(=O)c2ccc(C)cc2)C1=N.CC. The average molecular weight is 262 g/mol. The molecule has 0 fully saturated rings. The Morgan fingerprint density at radius 2 is 1.78 bits per heavy atom. The van der Waals surface area contributed by atoms with E-state index in [4.69, 9.17) is 5.41 Å². The van der Waals surface area contributed by atoms with Gasteiger partial charge in [0, 0.05) is 11.8 Å². The van der Waals surface area contributed by atoms with Gasteiger partial charge in [-0.15, -0.1) is 0 Å². The van der Waals surface area contributed by atoms with Gasteiger partial charge in [0.2, 0.25) is 0 Å². The highest BCUT2D eigenvalue weighted by Gasteiger charge is 2.21. The Morgan fingerprint density at radius 1 is 1.22 bits per heavy atom. The quantitative estimate of drug-likeness (QED) is 0.872. The van der Waals surface area contributed by atoms with Crippen LogP contribution >= 0.6 is 0 Å². The average Bonchev–Trinajstić information content (AvgIpc) is 2.73. The van der Waals surface area contributed by atoms with Crippen LogP contribution in [0.3, 0.4) is 0 Å². The van der Waals surface area contributed by atoms with Crippen LogP contribution in [0.1, 0.15) is 19.4 Å². The van der Waals surface area contributed by atoms with Gasteiger partial charge in [0.25, 0.3) is 0 Å². The van der Waals surface area contributed by atoms with Gasteiger partial charge in [0.05, 0.1) is 4.90 Å². The lowest BCUT2D eigenvalue weighted by Crippen LogP contribution is -2.23. The summed E-state index contributed by atoms with van der Waals surface area (Å²) in [4.78, 5) is 0.690. The van der Waals surface area contributed by atoms with E-state index >= 15 is 0 Å². The van der Waals surface area contributed by atoms with Gasteiger partial charge in [-0.05, 0) is 25.1 Å². The van der Waals surface area contributed by atoms with Gasteiger partial charge < -0.3 is 0 Å². The summed E-state index contributed by atoms with van der Waals surface area (Å²) < 4.78 is 13.5. The van der Waals surface area contributed by atoms with Crippen LogP contribution in [0, 0.1) is 12.3 Å². The number of amidine groups is 1. The van der Waals surface area contributed by atoms with Gasteiger partial charge in [0.15, 0.2) is 11.0 Å². The lowest BCUT2D eigenvalue weighted by molar-refractivity contribution is 0.658. The molecule has 0 amide bonds. The fourth-order valence-electron chi connectivity index (χ4n) is 1.36. The lowest BCUT2D eigenvalue weighted by atomic mass is 10.2. The fraction of sp³-hybridized carbons (Fsp3) is 0.214. The van der Waals surface area contributed by atoms with Crippen molar-refractivity contribution in [3.63, 3.8) is 0 Å². The summed E-state index contributed by atoms with van der Waals surface area (Å²) in [6.45, 7) is 9.67. The van der Waals surface area contributed by atoms with Crippen LogP contribution < -0.4 is 0 Å². The van der Waals surface area contributed by atoms with Gasteiger partial charge in [-0.3, -0.25) is 5.41 Å². The molecule has 0 aliphatic carbocycles. The molecule has 3 nitrogen and oxygen atoms in total. The number of benzene rings is 1. The molecule has 18 heavy (non-hydrogen) atoms. The third kappa shape index (κ3) is 2.96. The predicted octanol–water partition coefficient (Wildman–Crippen LogP) is 3.41. The van der Waals surface area contributed by atoms with Crippen molar-refractivity contribution in [3.8, 4) is 0 Å². The van der Waals surface area contributed by atoms with Crippen LogP contribution in [0.5, 0.6) is 0 Å². The number of nitrogens with one attached hydrogen (secondary N) is 1. The van der Waals surface area contributed by atoms with Crippen molar-refractivity contribution in [1.29, 1.82) is 5.41 Å². The molecular weight excluding hydrogens is 244 g/mol. The monoisotopic (exact) mass is 262 g/mol. The van der Waals surface area contributed by atoms with Gasteiger partial charge in [-0.25, -0.2) is 8.51 Å². The van der Waals surface area contributed by atoms with Crippen molar-refractivity contribution in [2.75, 3.05) is 0 Å². The Morgan fingerprint density at radius 3 is 2.22 bits per heavy atom. The van der Waals surface area contributed by atoms with E-state index < -0.39 is 11.0 Å². The van der Waals surface area contributed by atoms with E-state index in [9.17, 15) is 4.21 Å². The Labute approximate surface area is 111 Å². The molecule has 0 radical (unpaired) electrons. The molecule has 4 heteroatoms. The van der Waals surface area contributed by atoms with Gasteiger partial charge in [0.1, 0.15) is 5.84 Å². The first kappa shape index (κ1) is 14.4. The normalized spacial score (nSPS) is 15.4. The summed E-state index contributed by atoms with van der Waals surface area (Å²) in [5, 5.41) is 7.70. The van der Waals surface area contributed by atoms with Crippen molar-refractivity contribution < 1.29 is 4.21 Å². The number of nitrogens with zero attached hydrogens (tertiary/aromatic N) is 1. The van der Waals surface area contributed by atoms with Crippen LogP contribution in [0.25, 0.3) is 0 Å². The molecule has 1 aliphatic heterocycles. The van der Waals surface area contributed by atoms with Crippen LogP contribution in [-0.4, -0.2) is 14.3 Å². The van der Waals surface area contributed by atoms with Crippen molar-refractivity contribution in [1.82, 2.24) is 4.31 Å². The summed E-state index contributed by atoms with van der Waals surface area (Å²) in [5.74, 6) is 0.193. The molecule has 1 unspecified atom stereocenters. The number of hydrogen-bond acceptors (Lipinski definition) is 2. The van der Waals surface area contributed by atoms with E-state index in [1.165, 1.54) is 4.31 Å². The van der Waals surface area contributed by atoms with Crippen molar-refractivity contribution in [3.05, 3.63) is 54.3 Å². The second kappa shape index (κ2) is 6.31. The fourth-order valence-corrected chi connectivity index (χ4v) is 2.41. The molecule has 96 valence electrons. The van der Waals surface area contributed by atoms with Crippen molar-refractivity contribution in [2.45, 2.75) is 25.7 Å². The summed E-state index contributed by atoms with van der Waals surface area (Å²) in [6.07, 6.45) is 3.31. The van der Waals surface area contributed by atoms with Gasteiger partial charge in [-0.1, -0.05) is 38.1 Å². The minimum atomic E-state index is -1.36. The standard InChI is InChI=1S/C12H12N2OS.C2H6/c1-9-3-5-11(6-4-9)16(15)14-8-7-10(2)12(14)13;1-2/h3-8,13H,2H2,1H3;1-2H3. The number of aryl methyl sites for hydroxylation is 1. The van der Waals surface area contributed by atoms with Gasteiger partial charge in [-0.2, -0.15) is 0 Å². The maximum Gasteiger partial charge on any atom is 0.158 e. The molecule has 0 saturated heterocycles. The Bertz CT molecular complexity index is 503.